The van der Waals surface area contributed by atoms with Crippen molar-refractivity contribution in [3.05, 3.63) is 59.8 Å². The average Bonchev–Trinajstić information content (AvgIpc) is 3.15. The van der Waals surface area contributed by atoms with Crippen molar-refractivity contribution in [3.8, 4) is 0 Å². The van der Waals surface area contributed by atoms with Crippen molar-refractivity contribution in [1.82, 2.24) is 29.5 Å². The SMILES string of the molecule is Cn1cc(Nc2nn(Cc3ccccc3Cl)c3ncncc23)cn1. The van der Waals surface area contributed by atoms with E-state index < -0.39 is 0 Å². The minimum atomic E-state index is 0.530. The van der Waals surface area contributed by atoms with E-state index in [1.165, 1.54) is 6.33 Å². The quantitative estimate of drug-likeness (QED) is 0.618. The Kier molecular flexibility index (Phi) is 3.62. The number of hydrogen-bond acceptors (Lipinski definition) is 5. The second-order valence-electron chi connectivity index (χ2n) is 5.39. The Labute approximate surface area is 142 Å². The van der Waals surface area contributed by atoms with Gasteiger partial charge in [-0.2, -0.15) is 10.2 Å². The molecule has 0 aliphatic carbocycles. The lowest BCUT2D eigenvalue weighted by atomic mass is 10.2. The molecule has 1 aromatic carbocycles. The molecular weight excluding hydrogens is 326 g/mol. The first-order valence-electron chi connectivity index (χ1n) is 7.36. The van der Waals surface area contributed by atoms with Crippen LogP contribution in [0.1, 0.15) is 5.56 Å². The second kappa shape index (κ2) is 5.93. The molecule has 8 heteroatoms. The predicted octanol–water partition coefficient (Wildman–Crippen LogP) is 3.01. The second-order valence-corrected chi connectivity index (χ2v) is 5.79. The summed E-state index contributed by atoms with van der Waals surface area (Å²) in [6.45, 7) is 0.530. The highest BCUT2D eigenvalue weighted by Crippen LogP contribution is 2.25. The largest absolute Gasteiger partial charge is 0.336 e. The van der Waals surface area contributed by atoms with E-state index in [2.05, 4.69) is 25.5 Å². The highest BCUT2D eigenvalue weighted by atomic mass is 35.5. The molecule has 0 atom stereocenters. The number of nitrogens with one attached hydrogen (secondary N) is 1. The van der Waals surface area contributed by atoms with Crippen LogP contribution < -0.4 is 5.32 Å². The van der Waals surface area contributed by atoms with Crippen molar-refractivity contribution in [2.24, 2.45) is 7.05 Å². The van der Waals surface area contributed by atoms with Crippen LogP contribution in [0, 0.1) is 0 Å². The number of aromatic nitrogens is 6. The first-order valence-corrected chi connectivity index (χ1v) is 7.74. The van der Waals surface area contributed by atoms with Crippen molar-refractivity contribution in [2.75, 3.05) is 5.32 Å². The third-order valence-electron chi connectivity index (χ3n) is 3.66. The van der Waals surface area contributed by atoms with Gasteiger partial charge in [0.25, 0.3) is 0 Å². The van der Waals surface area contributed by atoms with Crippen LogP contribution in [0.3, 0.4) is 0 Å². The predicted molar refractivity (Wildman–Crippen MR) is 92.4 cm³/mol. The Morgan fingerprint density at radius 1 is 1.21 bits per heavy atom. The minimum absolute atomic E-state index is 0.530. The number of nitrogens with zero attached hydrogens (tertiary/aromatic N) is 6. The van der Waals surface area contributed by atoms with Gasteiger partial charge in [0.1, 0.15) is 6.33 Å². The molecule has 0 saturated carbocycles. The van der Waals surface area contributed by atoms with Gasteiger partial charge in [-0.15, -0.1) is 0 Å². The molecule has 3 aromatic heterocycles. The number of benzene rings is 1. The zero-order valence-corrected chi connectivity index (χ0v) is 13.6. The highest BCUT2D eigenvalue weighted by Gasteiger charge is 2.13. The molecule has 0 aliphatic rings. The summed E-state index contributed by atoms with van der Waals surface area (Å²) in [7, 11) is 1.86. The standard InChI is InChI=1S/C16H14ClN7/c1-23-9-12(6-20-23)21-15-13-7-18-10-19-16(13)24(22-15)8-11-4-2-3-5-14(11)17/h2-7,9-10H,8H2,1H3,(H,21,22). The summed E-state index contributed by atoms with van der Waals surface area (Å²) in [5.74, 6) is 0.686. The van der Waals surface area contributed by atoms with Crippen LogP contribution in [-0.4, -0.2) is 29.5 Å². The summed E-state index contributed by atoms with van der Waals surface area (Å²) in [5, 5.41) is 13.6. The normalized spacial score (nSPS) is 11.1. The van der Waals surface area contributed by atoms with Gasteiger partial charge in [-0.3, -0.25) is 4.68 Å². The molecule has 0 spiro atoms. The molecular formula is C16H14ClN7. The lowest BCUT2D eigenvalue weighted by molar-refractivity contribution is 0.707. The molecule has 24 heavy (non-hydrogen) atoms. The van der Waals surface area contributed by atoms with Crippen LogP contribution in [0.5, 0.6) is 0 Å². The van der Waals surface area contributed by atoms with Crippen molar-refractivity contribution in [2.45, 2.75) is 6.54 Å². The molecule has 1 N–H and O–H groups in total. The van der Waals surface area contributed by atoms with Crippen LogP contribution in [0.4, 0.5) is 11.5 Å². The number of hydrogen-bond donors (Lipinski definition) is 1. The molecule has 3 heterocycles. The Hall–Kier alpha value is -2.93. The van der Waals surface area contributed by atoms with Gasteiger partial charge in [-0.05, 0) is 11.6 Å². The summed E-state index contributed by atoms with van der Waals surface area (Å²) in [5.41, 5.74) is 2.58. The zero-order chi connectivity index (χ0) is 16.5. The Balaban J connectivity index is 1.75. The molecule has 0 bridgehead atoms. The molecule has 0 fully saturated rings. The van der Waals surface area contributed by atoms with Crippen molar-refractivity contribution in [1.29, 1.82) is 0 Å². The monoisotopic (exact) mass is 339 g/mol. The number of rotatable bonds is 4. The van der Waals surface area contributed by atoms with E-state index >= 15 is 0 Å². The van der Waals surface area contributed by atoms with E-state index in [1.54, 1.807) is 17.1 Å². The molecule has 0 radical (unpaired) electrons. The van der Waals surface area contributed by atoms with Crippen LogP contribution in [0.25, 0.3) is 11.0 Å². The molecule has 120 valence electrons. The van der Waals surface area contributed by atoms with Gasteiger partial charge in [0, 0.05) is 24.5 Å². The van der Waals surface area contributed by atoms with Crippen LogP contribution in [0.2, 0.25) is 5.02 Å². The lowest BCUT2D eigenvalue weighted by Crippen LogP contribution is -2.03. The number of fused-ring (bicyclic) bond motifs is 1. The first-order chi connectivity index (χ1) is 11.7. The molecule has 4 aromatic rings. The minimum Gasteiger partial charge on any atom is -0.336 e. The fraction of sp³-hybridized carbons (Fsp3) is 0.125. The molecule has 4 rings (SSSR count). The van der Waals surface area contributed by atoms with E-state index in [1.807, 2.05) is 42.2 Å². The van der Waals surface area contributed by atoms with E-state index in [-0.39, 0.29) is 0 Å². The average molecular weight is 340 g/mol. The zero-order valence-electron chi connectivity index (χ0n) is 12.9. The molecule has 0 aliphatic heterocycles. The highest BCUT2D eigenvalue weighted by molar-refractivity contribution is 6.31. The third-order valence-corrected chi connectivity index (χ3v) is 4.03. The summed E-state index contributed by atoms with van der Waals surface area (Å²) >= 11 is 6.26. The Morgan fingerprint density at radius 2 is 2.08 bits per heavy atom. The van der Waals surface area contributed by atoms with Gasteiger partial charge in [0.05, 0.1) is 23.8 Å². The van der Waals surface area contributed by atoms with Crippen molar-refractivity contribution < 1.29 is 0 Å². The van der Waals surface area contributed by atoms with Gasteiger partial charge in [0.15, 0.2) is 11.5 Å². The summed E-state index contributed by atoms with van der Waals surface area (Å²) in [6.07, 6.45) is 6.88. The molecule has 0 unspecified atom stereocenters. The smallest absolute Gasteiger partial charge is 0.163 e. The van der Waals surface area contributed by atoms with Crippen molar-refractivity contribution in [3.63, 3.8) is 0 Å². The number of aryl methyl sites for hydroxylation is 1. The van der Waals surface area contributed by atoms with Gasteiger partial charge >= 0.3 is 0 Å². The third kappa shape index (κ3) is 2.69. The summed E-state index contributed by atoms with van der Waals surface area (Å²) in [4.78, 5) is 8.47. The number of halogens is 1. The van der Waals surface area contributed by atoms with E-state index in [4.69, 9.17) is 11.6 Å². The first kappa shape index (κ1) is 14.6. The van der Waals surface area contributed by atoms with Crippen LogP contribution in [-0.2, 0) is 13.6 Å². The van der Waals surface area contributed by atoms with E-state index in [9.17, 15) is 0 Å². The van der Waals surface area contributed by atoms with Crippen LogP contribution in [0.15, 0.2) is 49.2 Å². The van der Waals surface area contributed by atoms with Gasteiger partial charge in [-0.25, -0.2) is 14.6 Å². The Morgan fingerprint density at radius 3 is 2.88 bits per heavy atom. The lowest BCUT2D eigenvalue weighted by Gasteiger charge is -2.04. The summed E-state index contributed by atoms with van der Waals surface area (Å²) in [6, 6.07) is 7.71. The fourth-order valence-corrected chi connectivity index (χ4v) is 2.73. The van der Waals surface area contributed by atoms with Gasteiger partial charge in [0.2, 0.25) is 0 Å². The van der Waals surface area contributed by atoms with Crippen LogP contribution >= 0.6 is 11.6 Å². The molecule has 7 nitrogen and oxygen atoms in total. The fourth-order valence-electron chi connectivity index (χ4n) is 2.53. The topological polar surface area (TPSA) is 73.5 Å². The van der Waals surface area contributed by atoms with Gasteiger partial charge < -0.3 is 5.32 Å². The molecule has 0 saturated heterocycles. The van der Waals surface area contributed by atoms with E-state index in [0.29, 0.717) is 17.4 Å². The maximum atomic E-state index is 6.26. The number of anilines is 2. The van der Waals surface area contributed by atoms with Gasteiger partial charge in [-0.1, -0.05) is 29.8 Å². The molecule has 0 amide bonds. The van der Waals surface area contributed by atoms with Crippen molar-refractivity contribution >= 4 is 34.1 Å². The maximum absolute atomic E-state index is 6.26. The maximum Gasteiger partial charge on any atom is 0.163 e. The Bertz CT molecular complexity index is 1000. The van der Waals surface area contributed by atoms with E-state index in [0.717, 1.165) is 22.3 Å². The summed E-state index contributed by atoms with van der Waals surface area (Å²) < 4.78 is 3.54.